The van der Waals surface area contributed by atoms with Crippen LogP contribution in [0.5, 0.6) is 0 Å². The fourth-order valence-electron chi connectivity index (χ4n) is 2.13. The molecular weight excluding hydrogens is 288 g/mol. The highest BCUT2D eigenvalue weighted by molar-refractivity contribution is 7.99. The zero-order chi connectivity index (χ0) is 14.3. The molecule has 0 saturated heterocycles. The molecule has 0 atom stereocenters. The molecule has 0 unspecified atom stereocenters. The zero-order valence-corrected chi connectivity index (χ0v) is 13.5. The van der Waals surface area contributed by atoms with Gasteiger partial charge in [-0.2, -0.15) is 0 Å². The standard InChI is InChI=1S/C16H17ClN2S/c1-9-4-7-13(10(2)8-9)20-16-11(3)14(17)18-15(19-16)12-5-6-12/h4,7-8,12H,5-6H2,1-3H3. The minimum absolute atomic E-state index is 0.520. The number of hydrogen-bond acceptors (Lipinski definition) is 3. The number of nitrogens with zero attached hydrogens (tertiary/aromatic N) is 2. The van der Waals surface area contributed by atoms with E-state index in [0.717, 1.165) is 16.4 Å². The van der Waals surface area contributed by atoms with E-state index in [1.807, 2.05) is 6.92 Å². The van der Waals surface area contributed by atoms with Crippen molar-refractivity contribution in [3.8, 4) is 0 Å². The molecule has 0 spiro atoms. The van der Waals surface area contributed by atoms with Crippen LogP contribution in [0, 0.1) is 20.8 Å². The van der Waals surface area contributed by atoms with Crippen LogP contribution in [0.1, 0.15) is 41.3 Å². The number of aromatic nitrogens is 2. The van der Waals surface area contributed by atoms with E-state index in [0.29, 0.717) is 11.1 Å². The molecule has 1 aromatic heterocycles. The molecule has 1 aliphatic rings. The molecule has 1 saturated carbocycles. The molecule has 2 aromatic rings. The van der Waals surface area contributed by atoms with Crippen molar-refractivity contribution in [3.05, 3.63) is 45.9 Å². The van der Waals surface area contributed by atoms with E-state index in [-0.39, 0.29) is 0 Å². The number of halogens is 1. The van der Waals surface area contributed by atoms with Gasteiger partial charge in [0.25, 0.3) is 0 Å². The molecule has 4 heteroatoms. The second-order valence-electron chi connectivity index (χ2n) is 5.45. The first-order valence-electron chi connectivity index (χ1n) is 6.83. The number of hydrogen-bond donors (Lipinski definition) is 0. The molecule has 0 N–H and O–H groups in total. The Morgan fingerprint density at radius 1 is 1.15 bits per heavy atom. The van der Waals surface area contributed by atoms with Crippen molar-refractivity contribution in [3.63, 3.8) is 0 Å². The summed E-state index contributed by atoms with van der Waals surface area (Å²) in [5.74, 6) is 1.43. The highest BCUT2D eigenvalue weighted by Gasteiger charge is 2.28. The Balaban J connectivity index is 1.97. The van der Waals surface area contributed by atoms with Crippen LogP contribution in [0.25, 0.3) is 0 Å². The Kier molecular flexibility index (Phi) is 3.74. The topological polar surface area (TPSA) is 25.8 Å². The summed E-state index contributed by atoms with van der Waals surface area (Å²) in [6, 6.07) is 6.49. The van der Waals surface area contributed by atoms with E-state index in [2.05, 4.69) is 37.0 Å². The van der Waals surface area contributed by atoms with E-state index in [9.17, 15) is 0 Å². The van der Waals surface area contributed by atoms with Gasteiger partial charge in [-0.1, -0.05) is 41.1 Å². The van der Waals surface area contributed by atoms with Crippen LogP contribution in [0.2, 0.25) is 5.15 Å². The lowest BCUT2D eigenvalue weighted by atomic mass is 10.2. The summed E-state index contributed by atoms with van der Waals surface area (Å²) in [6.07, 6.45) is 2.38. The molecule has 0 radical (unpaired) electrons. The third-order valence-corrected chi connectivity index (χ3v) is 5.18. The van der Waals surface area contributed by atoms with Crippen LogP contribution in [0.15, 0.2) is 28.1 Å². The van der Waals surface area contributed by atoms with Gasteiger partial charge < -0.3 is 0 Å². The number of aryl methyl sites for hydroxylation is 2. The van der Waals surface area contributed by atoms with Crippen molar-refractivity contribution in [2.24, 2.45) is 0 Å². The third-order valence-electron chi connectivity index (χ3n) is 3.54. The molecule has 3 rings (SSSR count). The van der Waals surface area contributed by atoms with Crippen molar-refractivity contribution in [1.82, 2.24) is 9.97 Å². The van der Waals surface area contributed by atoms with Gasteiger partial charge in [-0.15, -0.1) is 0 Å². The van der Waals surface area contributed by atoms with Crippen molar-refractivity contribution in [2.45, 2.75) is 49.5 Å². The summed E-state index contributed by atoms with van der Waals surface area (Å²) in [5.41, 5.74) is 3.53. The lowest BCUT2D eigenvalue weighted by Crippen LogP contribution is -1.98. The minimum atomic E-state index is 0.520. The fourth-order valence-corrected chi connectivity index (χ4v) is 3.31. The van der Waals surface area contributed by atoms with Gasteiger partial charge >= 0.3 is 0 Å². The van der Waals surface area contributed by atoms with Gasteiger partial charge in [0.15, 0.2) is 0 Å². The number of benzene rings is 1. The lowest BCUT2D eigenvalue weighted by molar-refractivity contribution is 0.862. The Hall–Kier alpha value is -1.06. The van der Waals surface area contributed by atoms with Gasteiger partial charge in [0.2, 0.25) is 0 Å². The maximum Gasteiger partial charge on any atom is 0.136 e. The lowest BCUT2D eigenvalue weighted by Gasteiger charge is -2.10. The van der Waals surface area contributed by atoms with Crippen molar-refractivity contribution < 1.29 is 0 Å². The predicted octanol–water partition coefficient (Wildman–Crippen LogP) is 5.08. The van der Waals surface area contributed by atoms with Crippen LogP contribution in [-0.4, -0.2) is 9.97 Å². The SMILES string of the molecule is Cc1ccc(Sc2nc(C3CC3)nc(Cl)c2C)c(C)c1. The number of rotatable bonds is 3. The first kappa shape index (κ1) is 13.9. The highest BCUT2D eigenvalue weighted by Crippen LogP contribution is 2.41. The summed E-state index contributed by atoms with van der Waals surface area (Å²) in [6.45, 7) is 6.24. The fraction of sp³-hybridized carbons (Fsp3) is 0.375. The molecule has 1 aliphatic carbocycles. The molecule has 1 aromatic carbocycles. The Bertz CT molecular complexity index is 666. The molecule has 104 valence electrons. The summed E-state index contributed by atoms with van der Waals surface area (Å²) < 4.78 is 0. The van der Waals surface area contributed by atoms with E-state index in [1.165, 1.54) is 28.9 Å². The maximum atomic E-state index is 6.26. The second-order valence-corrected chi connectivity index (χ2v) is 6.84. The van der Waals surface area contributed by atoms with Crippen molar-refractivity contribution >= 4 is 23.4 Å². The molecule has 0 bridgehead atoms. The van der Waals surface area contributed by atoms with Crippen LogP contribution >= 0.6 is 23.4 Å². The summed E-state index contributed by atoms with van der Waals surface area (Å²) >= 11 is 7.95. The van der Waals surface area contributed by atoms with Crippen LogP contribution in [0.4, 0.5) is 0 Å². The summed E-state index contributed by atoms with van der Waals surface area (Å²) in [4.78, 5) is 10.4. The van der Waals surface area contributed by atoms with Gasteiger partial charge in [0.1, 0.15) is 16.0 Å². The second kappa shape index (κ2) is 5.38. The zero-order valence-electron chi connectivity index (χ0n) is 11.9. The van der Waals surface area contributed by atoms with Gasteiger partial charge in [0.05, 0.1) is 0 Å². The quantitative estimate of drug-likeness (QED) is 0.739. The molecule has 1 heterocycles. The average molecular weight is 305 g/mol. The van der Waals surface area contributed by atoms with Crippen molar-refractivity contribution in [1.29, 1.82) is 0 Å². The maximum absolute atomic E-state index is 6.26. The van der Waals surface area contributed by atoms with Crippen LogP contribution in [0.3, 0.4) is 0 Å². The molecular formula is C16H17ClN2S. The average Bonchev–Trinajstić information content (AvgIpc) is 3.22. The minimum Gasteiger partial charge on any atom is -0.226 e. The van der Waals surface area contributed by atoms with Gasteiger partial charge in [-0.05, 0) is 45.2 Å². The van der Waals surface area contributed by atoms with E-state index in [4.69, 9.17) is 16.6 Å². The molecule has 2 nitrogen and oxygen atoms in total. The third kappa shape index (κ3) is 2.84. The smallest absolute Gasteiger partial charge is 0.136 e. The van der Waals surface area contributed by atoms with Crippen LogP contribution in [-0.2, 0) is 0 Å². The van der Waals surface area contributed by atoms with Gasteiger partial charge in [-0.25, -0.2) is 9.97 Å². The summed E-state index contributed by atoms with van der Waals surface area (Å²) in [7, 11) is 0. The largest absolute Gasteiger partial charge is 0.226 e. The molecule has 20 heavy (non-hydrogen) atoms. The molecule has 0 amide bonds. The van der Waals surface area contributed by atoms with E-state index >= 15 is 0 Å². The Morgan fingerprint density at radius 2 is 1.90 bits per heavy atom. The summed E-state index contributed by atoms with van der Waals surface area (Å²) in [5, 5.41) is 1.58. The highest BCUT2D eigenvalue weighted by atomic mass is 35.5. The van der Waals surface area contributed by atoms with E-state index in [1.54, 1.807) is 11.8 Å². The first-order valence-corrected chi connectivity index (χ1v) is 8.03. The first-order chi connectivity index (χ1) is 9.54. The monoisotopic (exact) mass is 304 g/mol. The predicted molar refractivity (Wildman–Crippen MR) is 83.8 cm³/mol. The Morgan fingerprint density at radius 3 is 2.55 bits per heavy atom. The Labute approximate surface area is 129 Å². The van der Waals surface area contributed by atoms with Gasteiger partial charge in [-0.3, -0.25) is 0 Å². The van der Waals surface area contributed by atoms with Gasteiger partial charge in [0, 0.05) is 16.4 Å². The van der Waals surface area contributed by atoms with E-state index < -0.39 is 0 Å². The normalized spacial score (nSPS) is 14.6. The molecule has 0 aliphatic heterocycles. The van der Waals surface area contributed by atoms with Crippen LogP contribution < -0.4 is 0 Å². The molecule has 1 fully saturated rings. The van der Waals surface area contributed by atoms with Crippen molar-refractivity contribution in [2.75, 3.05) is 0 Å².